The summed E-state index contributed by atoms with van der Waals surface area (Å²) in [6.45, 7) is -0.186. The first-order valence-electron chi connectivity index (χ1n) is 9.36. The van der Waals surface area contributed by atoms with Crippen molar-refractivity contribution in [2.75, 3.05) is 19.0 Å². The van der Waals surface area contributed by atoms with E-state index in [1.807, 2.05) is 6.07 Å². The smallest absolute Gasteiger partial charge is 0.328 e. The van der Waals surface area contributed by atoms with Crippen LogP contribution in [0.2, 0.25) is 0 Å². The van der Waals surface area contributed by atoms with Gasteiger partial charge in [0.2, 0.25) is 5.76 Å². The van der Waals surface area contributed by atoms with Gasteiger partial charge in [0.05, 0.1) is 16.8 Å². The van der Waals surface area contributed by atoms with Crippen LogP contribution in [0.4, 0.5) is 15.2 Å². The lowest BCUT2D eigenvalue weighted by molar-refractivity contribution is -0.140. The van der Waals surface area contributed by atoms with Crippen LogP contribution in [0.5, 0.6) is 0 Å². The Morgan fingerprint density at radius 3 is 2.88 bits per heavy atom. The number of halogens is 1. The molecule has 0 radical (unpaired) electrons. The van der Waals surface area contributed by atoms with Crippen molar-refractivity contribution in [3.05, 3.63) is 60.1 Å². The lowest BCUT2D eigenvalue weighted by Crippen LogP contribution is -2.43. The molecule has 164 valence electrons. The van der Waals surface area contributed by atoms with E-state index in [1.54, 1.807) is 24.3 Å². The van der Waals surface area contributed by atoms with Crippen LogP contribution in [-0.4, -0.2) is 46.9 Å². The zero-order valence-corrected chi connectivity index (χ0v) is 17.5. The summed E-state index contributed by atoms with van der Waals surface area (Å²) in [5, 5.41) is 19.1. The molecule has 0 aliphatic heterocycles. The maximum atomic E-state index is 13.4. The maximum Gasteiger partial charge on any atom is 0.328 e. The van der Waals surface area contributed by atoms with E-state index < -0.39 is 17.9 Å². The summed E-state index contributed by atoms with van der Waals surface area (Å²) in [6.07, 6.45) is 0. The average Bonchev–Trinajstić information content (AvgIpc) is 3.40. The highest BCUT2D eigenvalue weighted by atomic mass is 32.1. The monoisotopic (exact) mass is 456 g/mol. The van der Waals surface area contributed by atoms with Gasteiger partial charge < -0.3 is 25.0 Å². The van der Waals surface area contributed by atoms with E-state index in [4.69, 9.17) is 14.4 Å². The van der Waals surface area contributed by atoms with Crippen molar-refractivity contribution in [3.8, 4) is 11.3 Å². The fourth-order valence-electron chi connectivity index (χ4n) is 2.92. The molecule has 3 N–H and O–H groups in total. The van der Waals surface area contributed by atoms with Gasteiger partial charge >= 0.3 is 5.97 Å². The van der Waals surface area contributed by atoms with Crippen molar-refractivity contribution in [2.24, 2.45) is 0 Å². The zero-order chi connectivity index (χ0) is 22.7. The molecular weight excluding hydrogens is 439 g/mol. The summed E-state index contributed by atoms with van der Waals surface area (Å²) in [5.41, 5.74) is 2.46. The van der Waals surface area contributed by atoms with E-state index in [0.29, 0.717) is 27.6 Å². The van der Waals surface area contributed by atoms with Crippen molar-refractivity contribution in [1.82, 2.24) is 15.5 Å². The standard InChI is InChI=1S/C21H17FN4O5S/c1-30-10-16(20(28)29)24-19(27)17-9-15(26-31-17)11-3-2-4-13(7-11)23-21-25-14-6-5-12(22)8-18(14)32-21/h2-9,16H,10H2,1H3,(H,23,25)(H,24,27)(H,28,29)/t16-/m0/s1. The highest BCUT2D eigenvalue weighted by Gasteiger charge is 2.23. The minimum absolute atomic E-state index is 0.131. The number of nitrogens with zero attached hydrogens (tertiary/aromatic N) is 2. The molecular formula is C21H17FN4O5S. The quantitative estimate of drug-likeness (QED) is 0.367. The van der Waals surface area contributed by atoms with Gasteiger partial charge in [0.15, 0.2) is 11.2 Å². The third-order valence-corrected chi connectivity index (χ3v) is 5.36. The van der Waals surface area contributed by atoms with E-state index in [0.717, 1.165) is 4.70 Å². The molecule has 4 aromatic rings. The molecule has 2 heterocycles. The molecule has 1 atom stereocenters. The number of carboxylic acid groups (broad SMARTS) is 1. The number of fused-ring (bicyclic) bond motifs is 1. The molecule has 11 heteroatoms. The van der Waals surface area contributed by atoms with Crippen molar-refractivity contribution < 1.29 is 28.3 Å². The normalized spacial score (nSPS) is 11.9. The molecule has 2 aromatic heterocycles. The van der Waals surface area contributed by atoms with Gasteiger partial charge in [-0.25, -0.2) is 14.2 Å². The number of hydrogen-bond donors (Lipinski definition) is 3. The topological polar surface area (TPSA) is 127 Å². The van der Waals surface area contributed by atoms with E-state index in [1.165, 1.54) is 36.6 Å². The molecule has 32 heavy (non-hydrogen) atoms. The molecule has 2 aromatic carbocycles. The van der Waals surface area contributed by atoms with Crippen LogP contribution in [0.1, 0.15) is 10.6 Å². The number of carbonyl (C=O) groups excluding carboxylic acids is 1. The van der Waals surface area contributed by atoms with Crippen LogP contribution in [0.3, 0.4) is 0 Å². The van der Waals surface area contributed by atoms with Crippen LogP contribution in [0.15, 0.2) is 53.1 Å². The molecule has 0 saturated heterocycles. The van der Waals surface area contributed by atoms with Gasteiger partial charge in [-0.2, -0.15) is 0 Å². The first kappa shape index (κ1) is 21.4. The fourth-order valence-corrected chi connectivity index (χ4v) is 3.83. The largest absolute Gasteiger partial charge is 0.480 e. The summed E-state index contributed by atoms with van der Waals surface area (Å²) >= 11 is 1.32. The van der Waals surface area contributed by atoms with Crippen LogP contribution >= 0.6 is 11.3 Å². The van der Waals surface area contributed by atoms with E-state index >= 15 is 0 Å². The second-order valence-corrected chi connectivity index (χ2v) is 7.76. The second kappa shape index (κ2) is 9.12. The van der Waals surface area contributed by atoms with Gasteiger partial charge in [-0.1, -0.05) is 28.6 Å². The Hall–Kier alpha value is -3.83. The van der Waals surface area contributed by atoms with Crippen molar-refractivity contribution in [2.45, 2.75) is 6.04 Å². The number of ether oxygens (including phenoxy) is 1. The van der Waals surface area contributed by atoms with Crippen molar-refractivity contribution in [1.29, 1.82) is 0 Å². The highest BCUT2D eigenvalue weighted by Crippen LogP contribution is 2.30. The Morgan fingerprint density at radius 1 is 1.25 bits per heavy atom. The predicted octanol–water partition coefficient (Wildman–Crippen LogP) is 3.66. The number of carbonyl (C=O) groups is 2. The lowest BCUT2D eigenvalue weighted by atomic mass is 10.1. The van der Waals surface area contributed by atoms with Crippen LogP contribution in [0, 0.1) is 5.82 Å². The Balaban J connectivity index is 1.50. The minimum atomic E-state index is -1.23. The molecule has 0 aliphatic carbocycles. The van der Waals surface area contributed by atoms with E-state index in [9.17, 15) is 14.0 Å². The van der Waals surface area contributed by atoms with Crippen molar-refractivity contribution >= 4 is 44.2 Å². The Morgan fingerprint density at radius 2 is 2.09 bits per heavy atom. The molecule has 0 bridgehead atoms. The summed E-state index contributed by atoms with van der Waals surface area (Å²) in [7, 11) is 1.34. The predicted molar refractivity (Wildman–Crippen MR) is 116 cm³/mol. The average molecular weight is 456 g/mol. The summed E-state index contributed by atoms with van der Waals surface area (Å²) < 4.78 is 24.0. The number of benzene rings is 2. The number of carboxylic acids is 1. The number of amides is 1. The lowest BCUT2D eigenvalue weighted by Gasteiger charge is -2.11. The van der Waals surface area contributed by atoms with Gasteiger partial charge in [-0.15, -0.1) is 0 Å². The Bertz CT molecular complexity index is 1290. The summed E-state index contributed by atoms with van der Waals surface area (Å²) in [4.78, 5) is 27.9. The maximum absolute atomic E-state index is 13.4. The van der Waals surface area contributed by atoms with Crippen molar-refractivity contribution in [3.63, 3.8) is 0 Å². The molecule has 0 saturated carbocycles. The summed E-state index contributed by atoms with van der Waals surface area (Å²) in [5.74, 6) is -2.40. The van der Waals surface area contributed by atoms with Gasteiger partial charge in [-0.3, -0.25) is 4.79 Å². The van der Waals surface area contributed by atoms with Crippen LogP contribution in [-0.2, 0) is 9.53 Å². The minimum Gasteiger partial charge on any atom is -0.480 e. The number of hydrogen-bond acceptors (Lipinski definition) is 8. The second-order valence-electron chi connectivity index (χ2n) is 6.73. The highest BCUT2D eigenvalue weighted by molar-refractivity contribution is 7.22. The molecule has 4 rings (SSSR count). The molecule has 0 unspecified atom stereocenters. The number of methoxy groups -OCH3 is 1. The molecule has 0 spiro atoms. The molecule has 9 nitrogen and oxygen atoms in total. The van der Waals surface area contributed by atoms with Gasteiger partial charge in [0.1, 0.15) is 11.5 Å². The molecule has 0 fully saturated rings. The molecule has 1 amide bonds. The van der Waals surface area contributed by atoms with Crippen LogP contribution < -0.4 is 10.6 Å². The fraction of sp³-hybridized carbons (Fsp3) is 0.143. The van der Waals surface area contributed by atoms with Crippen LogP contribution in [0.25, 0.3) is 21.5 Å². The molecule has 0 aliphatic rings. The van der Waals surface area contributed by atoms with Gasteiger partial charge in [0, 0.05) is 24.4 Å². The third kappa shape index (κ3) is 4.74. The Labute approximate surface area is 184 Å². The number of aliphatic carboxylic acids is 1. The van der Waals surface area contributed by atoms with E-state index in [-0.39, 0.29) is 18.2 Å². The zero-order valence-electron chi connectivity index (χ0n) is 16.7. The van der Waals surface area contributed by atoms with E-state index in [2.05, 4.69) is 20.8 Å². The number of thiazole rings is 1. The summed E-state index contributed by atoms with van der Waals surface area (Å²) in [6, 6.07) is 11.8. The number of aromatic nitrogens is 2. The number of nitrogens with one attached hydrogen (secondary N) is 2. The third-order valence-electron chi connectivity index (χ3n) is 4.43. The SMILES string of the molecule is COC[C@H](NC(=O)c1cc(-c2cccc(Nc3nc4ccc(F)cc4s3)c2)no1)C(=O)O. The van der Waals surface area contributed by atoms with Gasteiger partial charge in [-0.05, 0) is 30.3 Å². The first-order chi connectivity index (χ1) is 15.4. The number of rotatable bonds is 8. The Kier molecular flexibility index (Phi) is 6.10. The number of anilines is 2. The first-order valence-corrected chi connectivity index (χ1v) is 10.2. The van der Waals surface area contributed by atoms with Gasteiger partial charge in [0.25, 0.3) is 5.91 Å².